The zero-order valence-corrected chi connectivity index (χ0v) is 11.6. The molecule has 4 nitrogen and oxygen atoms in total. The summed E-state index contributed by atoms with van der Waals surface area (Å²) in [4.78, 5) is 14.1. The molecule has 5 heteroatoms. The van der Waals surface area contributed by atoms with E-state index in [2.05, 4.69) is 15.2 Å². The van der Waals surface area contributed by atoms with Gasteiger partial charge in [-0.05, 0) is 10.8 Å². The molecule has 0 spiro atoms. The van der Waals surface area contributed by atoms with E-state index in [1.165, 1.54) is 0 Å². The summed E-state index contributed by atoms with van der Waals surface area (Å²) >= 11 is 6.54. The molecule has 0 fully saturated rings. The third kappa shape index (κ3) is 1.76. The number of nitrogens with zero attached hydrogens (tertiary/aromatic N) is 1. The Balaban J connectivity index is 2.30. The fourth-order valence-corrected chi connectivity index (χ4v) is 3.05. The molecule has 102 valence electrons. The van der Waals surface area contributed by atoms with E-state index in [0.29, 0.717) is 10.8 Å². The van der Waals surface area contributed by atoms with Crippen LogP contribution in [-0.2, 0) is 0 Å². The lowest BCUT2D eigenvalue weighted by molar-refractivity contribution is 1.05. The van der Waals surface area contributed by atoms with Gasteiger partial charge in [0.15, 0.2) is 5.82 Å². The summed E-state index contributed by atoms with van der Waals surface area (Å²) in [6, 6.07) is 15.7. The maximum absolute atomic E-state index is 11.4. The number of fused-ring (bicyclic) bond motifs is 2. The highest BCUT2D eigenvalue weighted by molar-refractivity contribution is 6.42. The zero-order chi connectivity index (χ0) is 14.4. The van der Waals surface area contributed by atoms with Crippen LogP contribution in [0.3, 0.4) is 0 Å². The van der Waals surface area contributed by atoms with Gasteiger partial charge in [0.2, 0.25) is 0 Å². The Morgan fingerprint density at radius 3 is 1.86 bits per heavy atom. The van der Waals surface area contributed by atoms with Crippen LogP contribution in [0.25, 0.3) is 32.9 Å². The summed E-state index contributed by atoms with van der Waals surface area (Å²) in [5, 5.41) is 11.0. The summed E-state index contributed by atoms with van der Waals surface area (Å²) in [7, 11) is 0. The van der Waals surface area contributed by atoms with Crippen molar-refractivity contribution in [3.05, 3.63) is 64.0 Å². The third-order valence-electron chi connectivity index (χ3n) is 3.60. The van der Waals surface area contributed by atoms with E-state index in [1.54, 1.807) is 0 Å². The van der Waals surface area contributed by atoms with Gasteiger partial charge in [0.1, 0.15) is 0 Å². The monoisotopic (exact) mass is 295 g/mol. The van der Waals surface area contributed by atoms with Gasteiger partial charge in [-0.15, -0.1) is 0 Å². The minimum Gasteiger partial charge on any atom is -0.289 e. The number of H-pyrrole nitrogens is 2. The van der Waals surface area contributed by atoms with Gasteiger partial charge in [0.05, 0.1) is 5.02 Å². The number of aromatic nitrogens is 3. The minimum absolute atomic E-state index is 0.326. The van der Waals surface area contributed by atoms with Crippen molar-refractivity contribution in [1.82, 2.24) is 15.2 Å². The lowest BCUT2D eigenvalue weighted by Gasteiger charge is -2.11. The van der Waals surface area contributed by atoms with Gasteiger partial charge in [0.25, 0.3) is 0 Å². The van der Waals surface area contributed by atoms with Gasteiger partial charge in [-0.3, -0.25) is 4.98 Å². The van der Waals surface area contributed by atoms with Crippen LogP contribution in [0, 0.1) is 0 Å². The van der Waals surface area contributed by atoms with E-state index in [-0.39, 0.29) is 5.69 Å². The molecule has 3 aromatic carbocycles. The highest BCUT2D eigenvalue weighted by Crippen LogP contribution is 2.39. The van der Waals surface area contributed by atoms with Gasteiger partial charge in [0, 0.05) is 16.3 Å². The highest BCUT2D eigenvalue weighted by Gasteiger charge is 2.15. The summed E-state index contributed by atoms with van der Waals surface area (Å²) < 4.78 is 0. The average molecular weight is 296 g/mol. The molecular formula is C16H10ClN3O. The second-order valence-electron chi connectivity index (χ2n) is 4.81. The molecule has 0 bridgehead atoms. The molecular weight excluding hydrogens is 286 g/mol. The van der Waals surface area contributed by atoms with Crippen LogP contribution >= 0.6 is 11.6 Å². The van der Waals surface area contributed by atoms with E-state index < -0.39 is 0 Å². The van der Waals surface area contributed by atoms with Crippen molar-refractivity contribution < 1.29 is 0 Å². The van der Waals surface area contributed by atoms with Crippen LogP contribution < -0.4 is 5.69 Å². The van der Waals surface area contributed by atoms with E-state index in [1.807, 2.05) is 48.5 Å². The maximum atomic E-state index is 11.4. The van der Waals surface area contributed by atoms with Crippen molar-refractivity contribution in [3.8, 4) is 11.4 Å². The van der Waals surface area contributed by atoms with Crippen LogP contribution in [0.15, 0.2) is 53.3 Å². The van der Waals surface area contributed by atoms with Crippen molar-refractivity contribution >= 4 is 33.1 Å². The quantitative estimate of drug-likeness (QED) is 0.526. The molecule has 0 saturated carbocycles. The predicted octanol–water partition coefficient (Wildman–Crippen LogP) is 3.72. The Morgan fingerprint density at radius 2 is 1.38 bits per heavy atom. The molecule has 0 atom stereocenters. The van der Waals surface area contributed by atoms with Crippen molar-refractivity contribution in [3.63, 3.8) is 0 Å². The Bertz CT molecular complexity index is 975. The molecule has 0 amide bonds. The Kier molecular flexibility index (Phi) is 2.59. The Hall–Kier alpha value is -2.59. The SMILES string of the molecule is O=c1[nH]nc(-c2c3ccccc3c(Cl)c3ccccc23)[nH]1. The molecule has 4 rings (SSSR count). The molecule has 0 unspecified atom stereocenters. The lowest BCUT2D eigenvalue weighted by Crippen LogP contribution is -2.00. The first-order chi connectivity index (χ1) is 10.3. The molecule has 21 heavy (non-hydrogen) atoms. The summed E-state index contributed by atoms with van der Waals surface area (Å²) in [6.45, 7) is 0. The molecule has 0 aliphatic heterocycles. The van der Waals surface area contributed by atoms with Crippen molar-refractivity contribution in [2.75, 3.05) is 0 Å². The number of halogens is 1. The highest BCUT2D eigenvalue weighted by atomic mass is 35.5. The average Bonchev–Trinajstić information content (AvgIpc) is 2.94. The lowest BCUT2D eigenvalue weighted by atomic mass is 9.96. The second-order valence-corrected chi connectivity index (χ2v) is 5.18. The molecule has 0 saturated heterocycles. The predicted molar refractivity (Wildman–Crippen MR) is 84.7 cm³/mol. The molecule has 0 aliphatic carbocycles. The standard InChI is InChI=1S/C16H10ClN3O/c17-14-11-7-3-1-5-9(11)13(15-18-16(21)20-19-15)10-6-2-4-8-12(10)14/h1-8H,(H2,18,19,20,21). The van der Waals surface area contributed by atoms with Gasteiger partial charge >= 0.3 is 5.69 Å². The van der Waals surface area contributed by atoms with E-state index in [0.717, 1.165) is 27.1 Å². The van der Waals surface area contributed by atoms with Gasteiger partial charge in [-0.2, -0.15) is 5.10 Å². The van der Waals surface area contributed by atoms with Crippen LogP contribution in [0.1, 0.15) is 0 Å². The minimum atomic E-state index is -0.326. The maximum Gasteiger partial charge on any atom is 0.340 e. The molecule has 2 N–H and O–H groups in total. The normalized spacial score (nSPS) is 11.3. The van der Waals surface area contributed by atoms with Crippen molar-refractivity contribution in [2.45, 2.75) is 0 Å². The first kappa shape index (κ1) is 12.2. The number of nitrogens with one attached hydrogen (secondary N) is 2. The van der Waals surface area contributed by atoms with Crippen LogP contribution in [0.4, 0.5) is 0 Å². The molecule has 0 aliphatic rings. The van der Waals surface area contributed by atoms with Crippen molar-refractivity contribution in [1.29, 1.82) is 0 Å². The van der Waals surface area contributed by atoms with E-state index >= 15 is 0 Å². The third-order valence-corrected chi connectivity index (χ3v) is 4.01. The Morgan fingerprint density at radius 1 is 0.857 bits per heavy atom. The van der Waals surface area contributed by atoms with Gasteiger partial charge in [-0.25, -0.2) is 9.89 Å². The van der Waals surface area contributed by atoms with E-state index in [4.69, 9.17) is 11.6 Å². The zero-order valence-electron chi connectivity index (χ0n) is 10.9. The Labute approximate surface area is 124 Å². The van der Waals surface area contributed by atoms with Gasteiger partial charge in [-0.1, -0.05) is 60.1 Å². The molecule has 1 aromatic heterocycles. The number of rotatable bonds is 1. The molecule has 4 aromatic rings. The fourth-order valence-electron chi connectivity index (χ4n) is 2.72. The summed E-state index contributed by atoms with van der Waals surface area (Å²) in [5.74, 6) is 0.518. The van der Waals surface area contributed by atoms with Crippen LogP contribution in [-0.4, -0.2) is 15.2 Å². The second kappa shape index (κ2) is 4.46. The summed E-state index contributed by atoms with van der Waals surface area (Å²) in [5.41, 5.74) is 0.553. The molecule has 1 heterocycles. The smallest absolute Gasteiger partial charge is 0.289 e. The van der Waals surface area contributed by atoms with E-state index in [9.17, 15) is 4.79 Å². The number of hydrogen-bond donors (Lipinski definition) is 2. The first-order valence-corrected chi connectivity index (χ1v) is 6.87. The topological polar surface area (TPSA) is 61.5 Å². The number of benzene rings is 3. The van der Waals surface area contributed by atoms with Gasteiger partial charge < -0.3 is 0 Å². The fraction of sp³-hybridized carbons (Fsp3) is 0. The largest absolute Gasteiger partial charge is 0.340 e. The van der Waals surface area contributed by atoms with Crippen LogP contribution in [0.2, 0.25) is 5.02 Å². The first-order valence-electron chi connectivity index (χ1n) is 6.50. The van der Waals surface area contributed by atoms with Crippen LogP contribution in [0.5, 0.6) is 0 Å². The number of aromatic amines is 2. The number of hydrogen-bond acceptors (Lipinski definition) is 2. The summed E-state index contributed by atoms with van der Waals surface area (Å²) in [6.07, 6.45) is 0. The van der Waals surface area contributed by atoms with Crippen molar-refractivity contribution in [2.24, 2.45) is 0 Å². The molecule has 0 radical (unpaired) electrons.